The van der Waals surface area contributed by atoms with Crippen LogP contribution in [0.4, 0.5) is 16.4 Å². The van der Waals surface area contributed by atoms with Gasteiger partial charge < -0.3 is 15.4 Å². The van der Waals surface area contributed by atoms with Gasteiger partial charge in [-0.05, 0) is 61.6 Å². The number of nitriles is 1. The Bertz CT molecular complexity index is 1880. The number of aromatic nitrogens is 2. The third-order valence-corrected chi connectivity index (χ3v) is 10.0. The summed E-state index contributed by atoms with van der Waals surface area (Å²) in [6.07, 6.45) is 4.73. The van der Waals surface area contributed by atoms with Crippen molar-refractivity contribution in [3.63, 3.8) is 0 Å². The summed E-state index contributed by atoms with van der Waals surface area (Å²) in [5, 5.41) is 21.2. The van der Waals surface area contributed by atoms with Gasteiger partial charge in [-0.15, -0.1) is 0 Å². The third-order valence-electron chi connectivity index (χ3n) is 9.72. The van der Waals surface area contributed by atoms with E-state index >= 15 is 0 Å². The Hall–Kier alpha value is -5.10. The second-order valence-electron chi connectivity index (χ2n) is 13.0. The Morgan fingerprint density at radius 3 is 2.52 bits per heavy atom. The number of halogens is 1. The highest BCUT2D eigenvalue weighted by Gasteiger charge is 2.43. The lowest BCUT2D eigenvalue weighted by molar-refractivity contribution is -0.122. The van der Waals surface area contributed by atoms with Gasteiger partial charge in [-0.2, -0.15) is 10.3 Å². The average Bonchev–Trinajstić information content (AvgIpc) is 3.37. The van der Waals surface area contributed by atoms with E-state index in [1.165, 1.54) is 0 Å². The first kappa shape index (κ1) is 33.4. The Morgan fingerprint density at radius 2 is 1.76 bits per heavy atom. The molecule has 0 radical (unpaired) electrons. The average molecular weight is 698 g/mol. The largest absolute Gasteiger partial charge is 0.381 e. The lowest BCUT2D eigenvalue weighted by Crippen LogP contribution is -2.58. The van der Waals surface area contributed by atoms with E-state index in [1.807, 2.05) is 30.3 Å². The molecule has 6 heterocycles. The van der Waals surface area contributed by atoms with Gasteiger partial charge in [-0.3, -0.25) is 24.6 Å². The van der Waals surface area contributed by atoms with Gasteiger partial charge >= 0.3 is 6.03 Å². The SMILES string of the molecule is N#CC1(CNc2cccc(-c3cc(NC4CCN(Cc5ccc6c(c5)C(=O)N(N5CCC(=O)NC5=O)C6=O)CC4)ncc3Cl)n2)CCOCC1. The molecule has 50 heavy (non-hydrogen) atoms. The number of piperidine rings is 1. The summed E-state index contributed by atoms with van der Waals surface area (Å²) in [5.74, 6) is -0.224. The van der Waals surface area contributed by atoms with Crippen LogP contribution in [0.25, 0.3) is 11.3 Å². The fraction of sp³-hybridized carbons (Fsp3) is 0.400. The standard InChI is InChI=1S/C35H36ClN9O5/c36-27-18-38-30(17-26(27)28-2-1-3-29(41-28)39-21-35(20-37)9-14-50-15-10-35)40-23-6-11-43(12-7-23)19-22-4-5-24-25(16-22)33(48)45(32(24)47)44-13-8-31(46)42-34(44)49/h1-5,16-18,23H,6-15,19,21H2,(H,38,40)(H,39,41)(H,42,46,49). The van der Waals surface area contributed by atoms with Crippen molar-refractivity contribution in [2.75, 3.05) is 50.0 Å². The van der Waals surface area contributed by atoms with Crippen LogP contribution in [0.5, 0.6) is 0 Å². The number of amides is 5. The summed E-state index contributed by atoms with van der Waals surface area (Å²) in [4.78, 5) is 61.7. The van der Waals surface area contributed by atoms with Crippen LogP contribution < -0.4 is 16.0 Å². The smallest absolute Gasteiger partial charge is 0.343 e. The van der Waals surface area contributed by atoms with Crippen molar-refractivity contribution in [1.82, 2.24) is 30.2 Å². The number of ether oxygens (including phenoxy) is 1. The molecule has 14 nitrogen and oxygen atoms in total. The van der Waals surface area contributed by atoms with Gasteiger partial charge in [0.25, 0.3) is 11.8 Å². The molecule has 4 aliphatic rings. The molecule has 0 spiro atoms. The first-order chi connectivity index (χ1) is 24.2. The van der Waals surface area contributed by atoms with Crippen LogP contribution in [0.15, 0.2) is 48.7 Å². The molecule has 0 aliphatic carbocycles. The maximum Gasteiger partial charge on any atom is 0.343 e. The number of nitrogens with zero attached hydrogens (tertiary/aromatic N) is 6. The molecule has 0 atom stereocenters. The van der Waals surface area contributed by atoms with E-state index in [4.69, 9.17) is 21.3 Å². The highest BCUT2D eigenvalue weighted by molar-refractivity contribution is 6.33. The molecular weight excluding hydrogens is 662 g/mol. The van der Waals surface area contributed by atoms with Crippen molar-refractivity contribution < 1.29 is 23.9 Å². The molecular formula is C35H36ClN9O5. The number of imide groups is 2. The van der Waals surface area contributed by atoms with Crippen LogP contribution in [0.3, 0.4) is 0 Å². The molecule has 0 saturated carbocycles. The van der Waals surface area contributed by atoms with Crippen LogP contribution in [0, 0.1) is 16.7 Å². The fourth-order valence-electron chi connectivity index (χ4n) is 6.79. The predicted molar refractivity (Wildman–Crippen MR) is 183 cm³/mol. The number of likely N-dealkylation sites (tertiary alicyclic amines) is 1. The molecule has 4 aliphatic heterocycles. The minimum absolute atomic E-state index is 0.00965. The van der Waals surface area contributed by atoms with Crippen molar-refractivity contribution in [1.29, 1.82) is 5.26 Å². The summed E-state index contributed by atoms with van der Waals surface area (Å²) < 4.78 is 5.45. The number of urea groups is 1. The summed E-state index contributed by atoms with van der Waals surface area (Å²) in [6.45, 7) is 3.83. The van der Waals surface area contributed by atoms with Crippen LogP contribution in [-0.4, -0.2) is 94.1 Å². The molecule has 2 aromatic heterocycles. The van der Waals surface area contributed by atoms with Crippen molar-refractivity contribution in [2.45, 2.75) is 44.7 Å². The molecule has 15 heteroatoms. The lowest BCUT2D eigenvalue weighted by Gasteiger charge is -2.32. The molecule has 3 fully saturated rings. The molecule has 3 N–H and O–H groups in total. The maximum absolute atomic E-state index is 13.2. The molecule has 7 rings (SSSR count). The quantitative estimate of drug-likeness (QED) is 0.275. The van der Waals surface area contributed by atoms with Crippen LogP contribution in [0.2, 0.25) is 5.02 Å². The van der Waals surface area contributed by atoms with Gasteiger partial charge in [-0.1, -0.05) is 23.7 Å². The van der Waals surface area contributed by atoms with E-state index in [1.54, 1.807) is 18.3 Å². The van der Waals surface area contributed by atoms with E-state index in [0.717, 1.165) is 47.1 Å². The number of hydrogen-bond acceptors (Lipinski definition) is 11. The van der Waals surface area contributed by atoms with Crippen molar-refractivity contribution >= 4 is 47.0 Å². The number of pyridine rings is 2. The highest BCUT2D eigenvalue weighted by atomic mass is 35.5. The van der Waals surface area contributed by atoms with Gasteiger partial charge in [0.1, 0.15) is 11.6 Å². The van der Waals surface area contributed by atoms with Gasteiger partial charge in [-0.25, -0.2) is 19.8 Å². The number of nitrogens with one attached hydrogen (secondary N) is 3. The Morgan fingerprint density at radius 1 is 0.980 bits per heavy atom. The number of fused-ring (bicyclic) bond motifs is 1. The van der Waals surface area contributed by atoms with E-state index in [0.29, 0.717) is 61.5 Å². The van der Waals surface area contributed by atoms with Crippen LogP contribution in [-0.2, 0) is 16.1 Å². The zero-order valence-electron chi connectivity index (χ0n) is 27.3. The number of rotatable bonds is 9. The molecule has 3 saturated heterocycles. The number of carbonyl (C=O) groups is 4. The van der Waals surface area contributed by atoms with E-state index < -0.39 is 29.2 Å². The van der Waals surface area contributed by atoms with Crippen LogP contribution in [0.1, 0.15) is 58.4 Å². The monoisotopic (exact) mass is 697 g/mol. The molecule has 258 valence electrons. The third kappa shape index (κ3) is 6.84. The summed E-state index contributed by atoms with van der Waals surface area (Å²) in [5.41, 5.74) is 2.35. The predicted octanol–water partition coefficient (Wildman–Crippen LogP) is 4.06. The Labute approximate surface area is 293 Å². The number of anilines is 2. The Kier molecular flexibility index (Phi) is 9.37. The van der Waals surface area contributed by atoms with Gasteiger partial charge in [0.05, 0.1) is 39.9 Å². The van der Waals surface area contributed by atoms with Crippen LogP contribution >= 0.6 is 11.6 Å². The minimum Gasteiger partial charge on any atom is -0.381 e. The first-order valence-electron chi connectivity index (χ1n) is 16.7. The Balaban J connectivity index is 0.945. The summed E-state index contributed by atoms with van der Waals surface area (Å²) in [6, 6.07) is 14.7. The second kappa shape index (κ2) is 14.0. The molecule has 3 aromatic rings. The topological polar surface area (TPSA) is 173 Å². The summed E-state index contributed by atoms with van der Waals surface area (Å²) in [7, 11) is 0. The molecule has 1 aromatic carbocycles. The number of carbonyl (C=O) groups excluding carboxylic acids is 4. The first-order valence-corrected chi connectivity index (χ1v) is 17.1. The molecule has 5 amide bonds. The number of benzene rings is 1. The number of hydrogen-bond donors (Lipinski definition) is 3. The zero-order chi connectivity index (χ0) is 34.8. The van der Waals surface area contributed by atoms with E-state index in [9.17, 15) is 24.4 Å². The van der Waals surface area contributed by atoms with Crippen molar-refractivity contribution in [3.05, 3.63) is 70.4 Å². The van der Waals surface area contributed by atoms with Gasteiger partial charge in [0, 0.05) is 63.6 Å². The maximum atomic E-state index is 13.2. The fourth-order valence-corrected chi connectivity index (χ4v) is 6.99. The molecule has 0 unspecified atom stereocenters. The number of hydrazine groups is 1. The van der Waals surface area contributed by atoms with Gasteiger partial charge in [0.15, 0.2) is 0 Å². The second-order valence-corrected chi connectivity index (χ2v) is 13.4. The minimum atomic E-state index is -0.785. The zero-order valence-corrected chi connectivity index (χ0v) is 28.0. The normalized spacial score (nSPS) is 19.6. The lowest BCUT2D eigenvalue weighted by atomic mass is 9.82. The summed E-state index contributed by atoms with van der Waals surface area (Å²) >= 11 is 6.59. The van der Waals surface area contributed by atoms with Crippen molar-refractivity contribution in [2.24, 2.45) is 5.41 Å². The van der Waals surface area contributed by atoms with Crippen molar-refractivity contribution in [3.8, 4) is 17.3 Å². The van der Waals surface area contributed by atoms with E-state index in [-0.39, 0.29) is 30.1 Å². The molecule has 0 bridgehead atoms. The highest BCUT2D eigenvalue weighted by Crippen LogP contribution is 2.32. The van der Waals surface area contributed by atoms with E-state index in [2.05, 4.69) is 31.9 Å². The van der Waals surface area contributed by atoms with Gasteiger partial charge in [0.2, 0.25) is 5.91 Å².